The number of hydrogen-bond donors (Lipinski definition) is 2. The Morgan fingerprint density at radius 3 is 2.35 bits per heavy atom. The number of ketones is 1. The van der Waals surface area contributed by atoms with Crippen molar-refractivity contribution in [3.05, 3.63) is 53.1 Å². The van der Waals surface area contributed by atoms with E-state index in [0.717, 1.165) is 0 Å². The van der Waals surface area contributed by atoms with Gasteiger partial charge in [0.1, 0.15) is 0 Å². The molecule has 0 fully saturated rings. The first kappa shape index (κ1) is 16.6. The van der Waals surface area contributed by atoms with Crippen molar-refractivity contribution < 1.29 is 14.4 Å². The van der Waals surface area contributed by atoms with Crippen molar-refractivity contribution in [3.8, 4) is 0 Å². The number of carbonyl (C=O) groups is 3. The standard InChI is InChI=1S/C16H15N3O3S/c1-10(15(22)19-16-17-7-8-23-16)9-14(21)18-13-5-3-12(4-6-13)11(2)20/h3-9H,1-2H3,(H,18,21)(H,17,19,22)/b10-9+. The lowest BCUT2D eigenvalue weighted by Gasteiger charge is -2.05. The van der Waals surface area contributed by atoms with Gasteiger partial charge in [-0.15, -0.1) is 11.3 Å². The van der Waals surface area contributed by atoms with Crippen LogP contribution < -0.4 is 10.6 Å². The molecule has 0 atom stereocenters. The van der Waals surface area contributed by atoms with Crippen LogP contribution in [0.5, 0.6) is 0 Å². The molecule has 0 bridgehead atoms. The van der Waals surface area contributed by atoms with E-state index in [1.54, 1.807) is 42.8 Å². The van der Waals surface area contributed by atoms with Crippen molar-refractivity contribution in [1.29, 1.82) is 0 Å². The Balaban J connectivity index is 1.96. The monoisotopic (exact) mass is 329 g/mol. The van der Waals surface area contributed by atoms with Crippen LogP contribution in [0.15, 0.2) is 47.5 Å². The number of aromatic nitrogens is 1. The number of nitrogens with zero attached hydrogens (tertiary/aromatic N) is 1. The van der Waals surface area contributed by atoms with Crippen LogP contribution in [0, 0.1) is 0 Å². The van der Waals surface area contributed by atoms with E-state index in [0.29, 0.717) is 16.4 Å². The van der Waals surface area contributed by atoms with Gasteiger partial charge in [-0.25, -0.2) is 4.98 Å². The highest BCUT2D eigenvalue weighted by atomic mass is 32.1. The number of hydrogen-bond acceptors (Lipinski definition) is 5. The predicted molar refractivity (Wildman–Crippen MR) is 89.6 cm³/mol. The van der Waals surface area contributed by atoms with Crippen molar-refractivity contribution in [1.82, 2.24) is 4.98 Å². The minimum Gasteiger partial charge on any atom is -0.323 e. The lowest BCUT2D eigenvalue weighted by molar-refractivity contribution is -0.114. The third kappa shape index (κ3) is 4.86. The molecular weight excluding hydrogens is 314 g/mol. The van der Waals surface area contributed by atoms with Gasteiger partial charge in [0, 0.05) is 34.5 Å². The fourth-order valence-electron chi connectivity index (χ4n) is 1.71. The minimum absolute atomic E-state index is 0.0440. The zero-order valence-corrected chi connectivity index (χ0v) is 13.4. The summed E-state index contributed by atoms with van der Waals surface area (Å²) < 4.78 is 0. The topological polar surface area (TPSA) is 88.2 Å². The second-order valence-corrected chi connectivity index (χ2v) is 5.64. The highest BCUT2D eigenvalue weighted by molar-refractivity contribution is 7.13. The number of thiazole rings is 1. The predicted octanol–water partition coefficient (Wildman–Crippen LogP) is 2.87. The van der Waals surface area contributed by atoms with E-state index in [9.17, 15) is 14.4 Å². The summed E-state index contributed by atoms with van der Waals surface area (Å²) in [4.78, 5) is 38.9. The molecule has 0 saturated heterocycles. The fourth-order valence-corrected chi connectivity index (χ4v) is 2.23. The lowest BCUT2D eigenvalue weighted by atomic mass is 10.1. The van der Waals surface area contributed by atoms with E-state index >= 15 is 0 Å². The molecule has 1 aromatic heterocycles. The van der Waals surface area contributed by atoms with Crippen LogP contribution in [0.25, 0.3) is 0 Å². The lowest BCUT2D eigenvalue weighted by Crippen LogP contribution is -2.16. The Morgan fingerprint density at radius 1 is 1.09 bits per heavy atom. The molecule has 2 rings (SSSR count). The summed E-state index contributed by atoms with van der Waals surface area (Å²) >= 11 is 1.30. The molecule has 6 nitrogen and oxygen atoms in total. The van der Waals surface area contributed by atoms with Gasteiger partial charge in [-0.3, -0.25) is 19.7 Å². The molecule has 118 valence electrons. The van der Waals surface area contributed by atoms with E-state index in [1.165, 1.54) is 24.3 Å². The normalized spacial score (nSPS) is 11.0. The summed E-state index contributed by atoms with van der Waals surface area (Å²) in [5.41, 5.74) is 1.37. The molecule has 0 unspecified atom stereocenters. The summed E-state index contributed by atoms with van der Waals surface area (Å²) in [5, 5.41) is 7.44. The number of benzene rings is 1. The Morgan fingerprint density at radius 2 is 1.78 bits per heavy atom. The van der Waals surface area contributed by atoms with Gasteiger partial charge >= 0.3 is 0 Å². The van der Waals surface area contributed by atoms with Crippen LogP contribution in [-0.4, -0.2) is 22.6 Å². The number of carbonyl (C=O) groups excluding carboxylic acids is 3. The van der Waals surface area contributed by atoms with E-state index in [1.807, 2.05) is 0 Å². The van der Waals surface area contributed by atoms with E-state index in [-0.39, 0.29) is 17.3 Å². The largest absolute Gasteiger partial charge is 0.323 e. The Bertz CT molecular complexity index is 749. The third-order valence-corrected chi connectivity index (χ3v) is 3.61. The van der Waals surface area contributed by atoms with Crippen LogP contribution in [0.3, 0.4) is 0 Å². The van der Waals surface area contributed by atoms with Gasteiger partial charge < -0.3 is 5.32 Å². The Kier molecular flexibility index (Phi) is 5.37. The second kappa shape index (κ2) is 7.46. The fraction of sp³-hybridized carbons (Fsp3) is 0.125. The molecule has 2 aromatic rings. The number of amides is 2. The first-order chi connectivity index (χ1) is 11.0. The highest BCUT2D eigenvalue weighted by Gasteiger charge is 2.09. The molecule has 0 radical (unpaired) electrons. The summed E-state index contributed by atoms with van der Waals surface area (Å²) in [5.74, 6) is -0.855. The van der Waals surface area contributed by atoms with Gasteiger partial charge in [-0.2, -0.15) is 0 Å². The molecule has 2 amide bonds. The zero-order chi connectivity index (χ0) is 16.8. The van der Waals surface area contributed by atoms with Gasteiger partial charge in [0.15, 0.2) is 10.9 Å². The van der Waals surface area contributed by atoms with Crippen molar-refractivity contribution in [3.63, 3.8) is 0 Å². The van der Waals surface area contributed by atoms with Crippen molar-refractivity contribution in [2.24, 2.45) is 0 Å². The summed E-state index contributed by atoms with van der Waals surface area (Å²) in [6, 6.07) is 6.52. The van der Waals surface area contributed by atoms with Crippen LogP contribution in [0.4, 0.5) is 10.8 Å². The maximum atomic E-state index is 11.9. The molecule has 0 aliphatic heterocycles. The van der Waals surface area contributed by atoms with E-state index in [4.69, 9.17) is 0 Å². The highest BCUT2D eigenvalue weighted by Crippen LogP contribution is 2.12. The molecule has 1 heterocycles. The summed E-state index contributed by atoms with van der Waals surface area (Å²) in [6.45, 7) is 3.02. The summed E-state index contributed by atoms with van der Waals surface area (Å²) in [7, 11) is 0. The van der Waals surface area contributed by atoms with Crippen molar-refractivity contribution in [2.45, 2.75) is 13.8 Å². The maximum Gasteiger partial charge on any atom is 0.253 e. The van der Waals surface area contributed by atoms with E-state index < -0.39 is 5.91 Å². The van der Waals surface area contributed by atoms with Crippen LogP contribution >= 0.6 is 11.3 Å². The van der Waals surface area contributed by atoms with Gasteiger partial charge in [0.2, 0.25) is 5.91 Å². The number of nitrogens with one attached hydrogen (secondary N) is 2. The zero-order valence-electron chi connectivity index (χ0n) is 12.6. The van der Waals surface area contributed by atoms with Gasteiger partial charge in [0.05, 0.1) is 0 Å². The molecule has 0 aliphatic rings. The van der Waals surface area contributed by atoms with E-state index in [2.05, 4.69) is 15.6 Å². The van der Waals surface area contributed by atoms with Crippen LogP contribution in [-0.2, 0) is 9.59 Å². The second-order valence-electron chi connectivity index (χ2n) is 4.74. The average molecular weight is 329 g/mol. The maximum absolute atomic E-state index is 11.9. The first-order valence-corrected chi connectivity index (χ1v) is 7.65. The van der Waals surface area contributed by atoms with Gasteiger partial charge in [-0.1, -0.05) is 0 Å². The molecule has 0 aliphatic carbocycles. The van der Waals surface area contributed by atoms with Crippen LogP contribution in [0.1, 0.15) is 24.2 Å². The molecule has 0 saturated carbocycles. The van der Waals surface area contributed by atoms with Crippen molar-refractivity contribution >= 4 is 39.8 Å². The molecule has 23 heavy (non-hydrogen) atoms. The average Bonchev–Trinajstić information content (AvgIpc) is 3.00. The summed E-state index contributed by atoms with van der Waals surface area (Å²) in [6.07, 6.45) is 2.79. The van der Waals surface area contributed by atoms with Crippen molar-refractivity contribution in [2.75, 3.05) is 10.6 Å². The van der Waals surface area contributed by atoms with Crippen LogP contribution in [0.2, 0.25) is 0 Å². The number of anilines is 2. The number of Topliss-reactive ketones (excluding diaryl/α,β-unsaturated/α-hetero) is 1. The quantitative estimate of drug-likeness (QED) is 0.652. The SMILES string of the molecule is CC(=O)c1ccc(NC(=O)/C=C(\C)C(=O)Nc2nccs2)cc1. The molecule has 0 spiro atoms. The molecular formula is C16H15N3O3S. The molecule has 7 heteroatoms. The molecule has 1 aromatic carbocycles. The smallest absolute Gasteiger partial charge is 0.253 e. The van der Waals surface area contributed by atoms with Gasteiger partial charge in [-0.05, 0) is 38.1 Å². The molecule has 2 N–H and O–H groups in total. The first-order valence-electron chi connectivity index (χ1n) is 6.77. The Labute approximate surface area is 137 Å². The third-order valence-electron chi connectivity index (χ3n) is 2.92. The Hall–Kier alpha value is -2.80. The van der Waals surface area contributed by atoms with Gasteiger partial charge in [0.25, 0.3) is 5.91 Å². The minimum atomic E-state index is -0.424. The number of rotatable bonds is 5.